The fourth-order valence-electron chi connectivity index (χ4n) is 1.93. The number of hydrogen-bond acceptors (Lipinski definition) is 6. The van der Waals surface area contributed by atoms with E-state index >= 15 is 0 Å². The zero-order chi connectivity index (χ0) is 18.4. The molecular weight excluding hydrogens is 354 g/mol. The molecule has 25 heavy (non-hydrogen) atoms. The van der Waals surface area contributed by atoms with Gasteiger partial charge in [-0.25, -0.2) is 4.98 Å². The normalized spacial score (nSPS) is 10.6. The molecule has 10 heteroatoms. The molecule has 2 amide bonds. The standard InChI is InChI=1S/C15H16F2N4O3S/c1-8-13(9-2-4-10(5-3-9)24-14(16)17)21-15(25-8)20-12(23)7-19-11(22)6-18/h2-5,14H,6-7,18H2,1H3,(H,19,22)(H,20,21,23). The SMILES string of the molecule is Cc1sc(NC(=O)CNC(=O)CN)nc1-c1ccc(OC(F)F)cc1. The van der Waals surface area contributed by atoms with Crippen LogP contribution >= 0.6 is 11.3 Å². The molecule has 0 spiro atoms. The van der Waals surface area contributed by atoms with E-state index < -0.39 is 18.4 Å². The van der Waals surface area contributed by atoms with Gasteiger partial charge in [0.05, 0.1) is 18.8 Å². The van der Waals surface area contributed by atoms with E-state index in [4.69, 9.17) is 5.73 Å². The maximum atomic E-state index is 12.2. The average Bonchev–Trinajstić information content (AvgIpc) is 2.93. The van der Waals surface area contributed by atoms with Crippen molar-refractivity contribution < 1.29 is 23.1 Å². The molecule has 0 aliphatic heterocycles. The summed E-state index contributed by atoms with van der Waals surface area (Å²) in [5.41, 5.74) is 6.45. The molecule has 0 atom stereocenters. The number of aryl methyl sites for hydroxylation is 1. The zero-order valence-electron chi connectivity index (χ0n) is 13.2. The predicted molar refractivity (Wildman–Crippen MR) is 89.6 cm³/mol. The predicted octanol–water partition coefficient (Wildman–Crippen LogP) is 1.73. The van der Waals surface area contributed by atoms with Gasteiger partial charge in [-0.15, -0.1) is 11.3 Å². The Morgan fingerprint density at radius 1 is 1.28 bits per heavy atom. The third-order valence-electron chi connectivity index (χ3n) is 3.03. The third kappa shape index (κ3) is 5.47. The van der Waals surface area contributed by atoms with Crippen molar-refractivity contribution in [2.45, 2.75) is 13.5 Å². The van der Waals surface area contributed by atoms with Crippen molar-refractivity contribution in [3.8, 4) is 17.0 Å². The van der Waals surface area contributed by atoms with Gasteiger partial charge in [-0.1, -0.05) is 0 Å². The molecule has 4 N–H and O–H groups in total. The van der Waals surface area contributed by atoms with Crippen molar-refractivity contribution in [1.82, 2.24) is 10.3 Å². The highest BCUT2D eigenvalue weighted by atomic mass is 32.1. The molecule has 0 bridgehead atoms. The van der Waals surface area contributed by atoms with E-state index in [1.54, 1.807) is 12.1 Å². The second-order valence-corrected chi connectivity index (χ2v) is 6.06. The summed E-state index contributed by atoms with van der Waals surface area (Å²) in [6, 6.07) is 6.04. The molecule has 0 aliphatic carbocycles. The molecule has 1 heterocycles. The smallest absolute Gasteiger partial charge is 0.387 e. The van der Waals surface area contributed by atoms with E-state index in [2.05, 4.69) is 20.4 Å². The monoisotopic (exact) mass is 370 g/mol. The average molecular weight is 370 g/mol. The second kappa shape index (κ2) is 8.49. The lowest BCUT2D eigenvalue weighted by Gasteiger charge is -2.05. The van der Waals surface area contributed by atoms with Gasteiger partial charge in [0, 0.05) is 10.4 Å². The van der Waals surface area contributed by atoms with E-state index in [0.29, 0.717) is 16.4 Å². The molecule has 1 aromatic carbocycles. The van der Waals surface area contributed by atoms with E-state index in [1.807, 2.05) is 6.92 Å². The number of nitrogens with two attached hydrogens (primary N) is 1. The summed E-state index contributed by atoms with van der Waals surface area (Å²) in [6.45, 7) is -1.46. The summed E-state index contributed by atoms with van der Waals surface area (Å²) in [6.07, 6.45) is 0. The molecule has 0 unspecified atom stereocenters. The lowest BCUT2D eigenvalue weighted by Crippen LogP contribution is -2.36. The number of amides is 2. The first-order valence-corrected chi connectivity index (χ1v) is 8.00. The number of rotatable bonds is 7. The molecule has 0 saturated carbocycles. The Labute approximate surface area is 146 Å². The minimum atomic E-state index is -2.88. The number of ether oxygens (including phenoxy) is 1. The Hall–Kier alpha value is -2.59. The molecular formula is C15H16F2N4O3S. The van der Waals surface area contributed by atoms with Gasteiger partial charge in [0.25, 0.3) is 0 Å². The second-order valence-electron chi connectivity index (χ2n) is 4.86. The molecule has 0 radical (unpaired) electrons. The van der Waals surface area contributed by atoms with Crippen molar-refractivity contribution in [3.05, 3.63) is 29.1 Å². The molecule has 0 saturated heterocycles. The zero-order valence-corrected chi connectivity index (χ0v) is 14.0. The number of benzene rings is 1. The molecule has 1 aromatic heterocycles. The summed E-state index contributed by atoms with van der Waals surface area (Å²) in [5, 5.41) is 5.30. The third-order valence-corrected chi connectivity index (χ3v) is 3.91. The molecule has 2 aromatic rings. The van der Waals surface area contributed by atoms with Crippen LogP contribution in [0.2, 0.25) is 0 Å². The van der Waals surface area contributed by atoms with Crippen molar-refractivity contribution >= 4 is 28.3 Å². The van der Waals surface area contributed by atoms with Crippen molar-refractivity contribution in [2.75, 3.05) is 18.4 Å². The number of alkyl halides is 2. The van der Waals surface area contributed by atoms with Crippen LogP contribution in [0.4, 0.5) is 13.9 Å². The Bertz CT molecular complexity index is 750. The minimum absolute atomic E-state index is 0.0517. The van der Waals surface area contributed by atoms with Crippen molar-refractivity contribution in [3.63, 3.8) is 0 Å². The van der Waals surface area contributed by atoms with Gasteiger partial charge in [0.1, 0.15) is 5.75 Å². The first kappa shape index (κ1) is 18.7. The van der Waals surface area contributed by atoms with Crippen LogP contribution in [0, 0.1) is 6.92 Å². The first-order chi connectivity index (χ1) is 11.9. The molecule has 7 nitrogen and oxygen atoms in total. The number of aromatic nitrogens is 1. The van der Waals surface area contributed by atoms with E-state index in [-0.39, 0.29) is 18.8 Å². The highest BCUT2D eigenvalue weighted by Crippen LogP contribution is 2.31. The van der Waals surface area contributed by atoms with Crippen LogP contribution < -0.4 is 21.1 Å². The van der Waals surface area contributed by atoms with Crippen LogP contribution in [0.15, 0.2) is 24.3 Å². The number of nitrogens with zero attached hydrogens (tertiary/aromatic N) is 1. The lowest BCUT2D eigenvalue weighted by atomic mass is 10.1. The van der Waals surface area contributed by atoms with Gasteiger partial charge in [0.2, 0.25) is 11.8 Å². The van der Waals surface area contributed by atoms with Crippen LogP contribution in [-0.4, -0.2) is 36.5 Å². The molecule has 0 fully saturated rings. The molecule has 0 aliphatic rings. The van der Waals surface area contributed by atoms with Gasteiger partial charge in [-0.2, -0.15) is 8.78 Å². The van der Waals surface area contributed by atoms with Crippen LogP contribution in [0.25, 0.3) is 11.3 Å². The van der Waals surface area contributed by atoms with Crippen LogP contribution in [0.3, 0.4) is 0 Å². The first-order valence-electron chi connectivity index (χ1n) is 7.18. The molecule has 134 valence electrons. The quantitative estimate of drug-likeness (QED) is 0.688. The van der Waals surface area contributed by atoms with E-state index in [9.17, 15) is 18.4 Å². The maximum Gasteiger partial charge on any atom is 0.387 e. The summed E-state index contributed by atoms with van der Waals surface area (Å²) in [4.78, 5) is 27.9. The number of carbonyl (C=O) groups excluding carboxylic acids is 2. The summed E-state index contributed by atoms with van der Waals surface area (Å²) in [7, 11) is 0. The number of halogens is 2. The molecule has 2 rings (SSSR count). The van der Waals surface area contributed by atoms with Gasteiger partial charge >= 0.3 is 6.61 Å². The van der Waals surface area contributed by atoms with Gasteiger partial charge in [0.15, 0.2) is 5.13 Å². The highest BCUT2D eigenvalue weighted by molar-refractivity contribution is 7.16. The summed E-state index contributed by atoms with van der Waals surface area (Å²) in [5.74, 6) is -0.809. The number of nitrogens with one attached hydrogen (secondary N) is 2. The number of hydrogen-bond donors (Lipinski definition) is 3. The minimum Gasteiger partial charge on any atom is -0.435 e. The van der Waals surface area contributed by atoms with Crippen molar-refractivity contribution in [2.24, 2.45) is 5.73 Å². The Morgan fingerprint density at radius 3 is 2.56 bits per heavy atom. The lowest BCUT2D eigenvalue weighted by molar-refractivity contribution is -0.123. The van der Waals surface area contributed by atoms with E-state index in [1.165, 1.54) is 23.5 Å². The highest BCUT2D eigenvalue weighted by Gasteiger charge is 2.13. The number of thiazole rings is 1. The van der Waals surface area contributed by atoms with Crippen LogP contribution in [0.5, 0.6) is 5.75 Å². The van der Waals surface area contributed by atoms with Gasteiger partial charge in [-0.3, -0.25) is 9.59 Å². The van der Waals surface area contributed by atoms with E-state index in [0.717, 1.165) is 4.88 Å². The number of anilines is 1. The fourth-order valence-corrected chi connectivity index (χ4v) is 2.78. The summed E-state index contributed by atoms with van der Waals surface area (Å²) >= 11 is 1.26. The van der Waals surface area contributed by atoms with Crippen LogP contribution in [0.1, 0.15) is 4.88 Å². The Morgan fingerprint density at radius 2 is 1.96 bits per heavy atom. The number of carbonyl (C=O) groups is 2. The van der Waals surface area contributed by atoms with Gasteiger partial charge in [-0.05, 0) is 31.2 Å². The van der Waals surface area contributed by atoms with Crippen LogP contribution in [-0.2, 0) is 9.59 Å². The Kier molecular flexibility index (Phi) is 6.37. The van der Waals surface area contributed by atoms with Crippen molar-refractivity contribution in [1.29, 1.82) is 0 Å². The fraction of sp³-hybridized carbons (Fsp3) is 0.267. The summed E-state index contributed by atoms with van der Waals surface area (Å²) < 4.78 is 28.6. The Balaban J connectivity index is 2.04. The maximum absolute atomic E-state index is 12.2. The topological polar surface area (TPSA) is 106 Å². The van der Waals surface area contributed by atoms with Gasteiger partial charge < -0.3 is 21.1 Å². The largest absolute Gasteiger partial charge is 0.435 e.